The van der Waals surface area contributed by atoms with Crippen LogP contribution >= 0.6 is 15.9 Å². The van der Waals surface area contributed by atoms with E-state index in [1.54, 1.807) is 16.9 Å². The van der Waals surface area contributed by atoms with Crippen LogP contribution in [-0.2, 0) is 13.1 Å². The molecular formula is C10H12BrN5O. The zero-order chi connectivity index (χ0) is 12.4. The molecule has 0 radical (unpaired) electrons. The molecule has 0 aliphatic heterocycles. The number of aryl methyl sites for hydroxylation is 1. The fraction of sp³-hybridized carbons (Fsp3) is 0.300. The molecule has 0 atom stereocenters. The van der Waals surface area contributed by atoms with Gasteiger partial charge >= 0.3 is 0 Å². The van der Waals surface area contributed by atoms with Crippen molar-refractivity contribution in [2.24, 2.45) is 0 Å². The van der Waals surface area contributed by atoms with Gasteiger partial charge in [-0.25, -0.2) is 9.67 Å². The Morgan fingerprint density at radius 1 is 1.53 bits per heavy atom. The maximum absolute atomic E-state index is 11.8. The Hall–Kier alpha value is -1.63. The van der Waals surface area contributed by atoms with Crippen LogP contribution in [0.4, 0.5) is 5.69 Å². The standard InChI is InChI=1S/C10H12BrN5O/c1-2-16-9(13-6-14-16)5-15-4-7(12)3-8(11)10(15)17/h3-4,6H,2,5,12H2,1H3. The van der Waals surface area contributed by atoms with Gasteiger partial charge in [-0.1, -0.05) is 0 Å². The molecule has 2 heterocycles. The van der Waals surface area contributed by atoms with E-state index in [2.05, 4.69) is 26.0 Å². The van der Waals surface area contributed by atoms with Crippen molar-refractivity contribution in [1.82, 2.24) is 19.3 Å². The number of rotatable bonds is 3. The van der Waals surface area contributed by atoms with Crippen LogP contribution in [-0.4, -0.2) is 19.3 Å². The zero-order valence-corrected chi connectivity index (χ0v) is 10.9. The Kier molecular flexibility index (Phi) is 3.28. The van der Waals surface area contributed by atoms with Crippen molar-refractivity contribution in [2.45, 2.75) is 20.0 Å². The number of nitrogens with two attached hydrogens (primary N) is 1. The van der Waals surface area contributed by atoms with Crippen molar-refractivity contribution in [3.8, 4) is 0 Å². The van der Waals surface area contributed by atoms with Crippen LogP contribution in [0.2, 0.25) is 0 Å². The van der Waals surface area contributed by atoms with E-state index in [0.717, 1.165) is 5.82 Å². The fourth-order valence-corrected chi connectivity index (χ4v) is 2.06. The lowest BCUT2D eigenvalue weighted by Crippen LogP contribution is -2.23. The third-order valence-electron chi connectivity index (χ3n) is 2.37. The van der Waals surface area contributed by atoms with Crippen LogP contribution in [0.15, 0.2) is 27.9 Å². The minimum atomic E-state index is -0.134. The molecule has 0 bridgehead atoms. The number of pyridine rings is 1. The van der Waals surface area contributed by atoms with Crippen molar-refractivity contribution < 1.29 is 0 Å². The summed E-state index contributed by atoms with van der Waals surface area (Å²) in [6.45, 7) is 3.04. The summed E-state index contributed by atoms with van der Waals surface area (Å²) < 4.78 is 3.69. The van der Waals surface area contributed by atoms with Gasteiger partial charge in [0.25, 0.3) is 5.56 Å². The number of hydrogen-bond acceptors (Lipinski definition) is 4. The van der Waals surface area contributed by atoms with Gasteiger partial charge in [0, 0.05) is 18.4 Å². The first-order valence-electron chi connectivity index (χ1n) is 5.14. The van der Waals surface area contributed by atoms with E-state index in [1.165, 1.54) is 10.9 Å². The first kappa shape index (κ1) is 11.8. The predicted octanol–water partition coefficient (Wildman–Crippen LogP) is 0.853. The van der Waals surface area contributed by atoms with Crippen molar-refractivity contribution in [3.05, 3.63) is 39.2 Å². The largest absolute Gasteiger partial charge is 0.398 e. The third-order valence-corrected chi connectivity index (χ3v) is 2.94. The summed E-state index contributed by atoms with van der Waals surface area (Å²) >= 11 is 3.18. The molecule has 0 aromatic carbocycles. The number of nitrogen functional groups attached to an aromatic ring is 1. The van der Waals surface area contributed by atoms with Gasteiger partial charge in [0.2, 0.25) is 0 Å². The Morgan fingerprint density at radius 2 is 2.29 bits per heavy atom. The predicted molar refractivity (Wildman–Crippen MR) is 67.6 cm³/mol. The van der Waals surface area contributed by atoms with Gasteiger partial charge < -0.3 is 10.3 Å². The summed E-state index contributed by atoms with van der Waals surface area (Å²) in [4.78, 5) is 16.0. The van der Waals surface area contributed by atoms with Crippen LogP contribution in [0, 0.1) is 0 Å². The minimum absolute atomic E-state index is 0.134. The Morgan fingerprint density at radius 3 is 3.00 bits per heavy atom. The number of aromatic nitrogens is 4. The molecule has 0 unspecified atom stereocenters. The molecule has 17 heavy (non-hydrogen) atoms. The van der Waals surface area contributed by atoms with Gasteiger partial charge in [-0.15, -0.1) is 0 Å². The van der Waals surface area contributed by atoms with Gasteiger partial charge in [0.1, 0.15) is 12.2 Å². The average molecular weight is 298 g/mol. The van der Waals surface area contributed by atoms with E-state index in [4.69, 9.17) is 5.73 Å². The fourth-order valence-electron chi connectivity index (χ4n) is 1.57. The van der Waals surface area contributed by atoms with Gasteiger partial charge in [-0.3, -0.25) is 4.79 Å². The molecule has 0 fully saturated rings. The molecule has 2 aromatic heterocycles. The van der Waals surface area contributed by atoms with E-state index in [9.17, 15) is 4.79 Å². The monoisotopic (exact) mass is 297 g/mol. The second kappa shape index (κ2) is 4.70. The highest BCUT2D eigenvalue weighted by molar-refractivity contribution is 9.10. The molecular weight excluding hydrogens is 286 g/mol. The van der Waals surface area contributed by atoms with E-state index in [1.807, 2.05) is 6.92 Å². The molecule has 0 aliphatic rings. The van der Waals surface area contributed by atoms with Crippen LogP contribution in [0.3, 0.4) is 0 Å². The van der Waals surface area contributed by atoms with Crippen molar-refractivity contribution in [3.63, 3.8) is 0 Å². The number of hydrogen-bond donors (Lipinski definition) is 1. The van der Waals surface area contributed by atoms with E-state index < -0.39 is 0 Å². The number of halogens is 1. The molecule has 2 rings (SSSR count). The summed E-state index contributed by atoms with van der Waals surface area (Å²) in [5, 5.41) is 4.05. The van der Waals surface area contributed by atoms with Crippen LogP contribution in [0.1, 0.15) is 12.7 Å². The summed E-state index contributed by atoms with van der Waals surface area (Å²) in [6, 6.07) is 1.59. The lowest BCUT2D eigenvalue weighted by atomic mass is 10.4. The van der Waals surface area contributed by atoms with Crippen molar-refractivity contribution >= 4 is 21.6 Å². The van der Waals surface area contributed by atoms with Gasteiger partial charge in [-0.05, 0) is 28.9 Å². The molecule has 7 heteroatoms. The normalized spacial score (nSPS) is 10.7. The second-order valence-electron chi connectivity index (χ2n) is 3.55. The highest BCUT2D eigenvalue weighted by Crippen LogP contribution is 2.09. The Labute approximate surface area is 106 Å². The van der Waals surface area contributed by atoms with Gasteiger partial charge in [0.05, 0.1) is 11.0 Å². The zero-order valence-electron chi connectivity index (χ0n) is 9.30. The summed E-state index contributed by atoms with van der Waals surface area (Å²) in [6.07, 6.45) is 3.08. The molecule has 0 saturated heterocycles. The molecule has 0 saturated carbocycles. The van der Waals surface area contributed by atoms with E-state index in [0.29, 0.717) is 23.2 Å². The lowest BCUT2D eigenvalue weighted by molar-refractivity contribution is 0.585. The summed E-state index contributed by atoms with van der Waals surface area (Å²) in [5.41, 5.74) is 6.09. The van der Waals surface area contributed by atoms with Crippen LogP contribution < -0.4 is 11.3 Å². The molecule has 0 amide bonds. The van der Waals surface area contributed by atoms with E-state index in [-0.39, 0.29) is 5.56 Å². The molecule has 0 aliphatic carbocycles. The van der Waals surface area contributed by atoms with Crippen LogP contribution in [0.25, 0.3) is 0 Å². The minimum Gasteiger partial charge on any atom is -0.398 e. The third kappa shape index (κ3) is 2.38. The van der Waals surface area contributed by atoms with Crippen LogP contribution in [0.5, 0.6) is 0 Å². The molecule has 90 valence electrons. The van der Waals surface area contributed by atoms with Crippen molar-refractivity contribution in [2.75, 3.05) is 5.73 Å². The average Bonchev–Trinajstić information content (AvgIpc) is 2.72. The second-order valence-corrected chi connectivity index (χ2v) is 4.40. The highest BCUT2D eigenvalue weighted by atomic mass is 79.9. The molecule has 0 spiro atoms. The van der Waals surface area contributed by atoms with Crippen molar-refractivity contribution in [1.29, 1.82) is 0 Å². The highest BCUT2D eigenvalue weighted by Gasteiger charge is 2.07. The topological polar surface area (TPSA) is 78.7 Å². The number of anilines is 1. The van der Waals surface area contributed by atoms with Gasteiger partial charge in [-0.2, -0.15) is 5.10 Å². The summed E-state index contributed by atoms with van der Waals surface area (Å²) in [7, 11) is 0. The Balaban J connectivity index is 2.40. The van der Waals surface area contributed by atoms with Gasteiger partial charge in [0.15, 0.2) is 0 Å². The maximum atomic E-state index is 11.8. The first-order valence-corrected chi connectivity index (χ1v) is 5.93. The smallest absolute Gasteiger partial charge is 0.265 e. The molecule has 6 nitrogen and oxygen atoms in total. The number of nitrogens with zero attached hydrogens (tertiary/aromatic N) is 4. The SMILES string of the molecule is CCn1ncnc1Cn1cc(N)cc(Br)c1=O. The molecule has 2 N–H and O–H groups in total. The quantitative estimate of drug-likeness (QED) is 0.911. The maximum Gasteiger partial charge on any atom is 0.265 e. The Bertz CT molecular complexity index is 589. The lowest BCUT2D eigenvalue weighted by Gasteiger charge is -2.07. The summed E-state index contributed by atoms with van der Waals surface area (Å²) in [5.74, 6) is 0.729. The van der Waals surface area contributed by atoms with E-state index >= 15 is 0 Å². The molecule has 2 aromatic rings. The first-order chi connectivity index (χ1) is 8.11.